The van der Waals surface area contributed by atoms with E-state index in [1.165, 1.54) is 12.8 Å². The largest absolute Gasteiger partial charge is 0.768 e. The summed E-state index contributed by atoms with van der Waals surface area (Å²) in [4.78, 5) is 25.0. The first-order valence-corrected chi connectivity index (χ1v) is 12.4. The van der Waals surface area contributed by atoms with Crippen molar-refractivity contribution in [1.29, 1.82) is 0 Å². The van der Waals surface area contributed by atoms with Crippen molar-refractivity contribution in [2.45, 2.75) is 42.9 Å². The topological polar surface area (TPSA) is 98.2 Å². The van der Waals surface area contributed by atoms with Crippen molar-refractivity contribution in [2.24, 2.45) is 0 Å². The van der Waals surface area contributed by atoms with E-state index in [0.29, 0.717) is 11.3 Å². The van der Waals surface area contributed by atoms with E-state index in [9.17, 15) is 13.6 Å². The highest BCUT2D eigenvalue weighted by Crippen LogP contribution is 2.34. The Bertz CT molecular complexity index is 1210. The molecular formula is C25H25N4O3S-. The van der Waals surface area contributed by atoms with Gasteiger partial charge in [0, 0.05) is 41.5 Å². The lowest BCUT2D eigenvalue weighted by atomic mass is 9.85. The summed E-state index contributed by atoms with van der Waals surface area (Å²) in [5.41, 5.74) is 3.97. The van der Waals surface area contributed by atoms with E-state index < -0.39 is 11.1 Å². The first-order valence-electron chi connectivity index (χ1n) is 11.3. The maximum Gasteiger partial charge on any atom is 0.233 e. The monoisotopic (exact) mass is 461 g/mol. The number of aryl methyl sites for hydroxylation is 1. The van der Waals surface area contributed by atoms with Gasteiger partial charge in [0.15, 0.2) is 0 Å². The summed E-state index contributed by atoms with van der Waals surface area (Å²) in [5, 5.41) is 3.07. The van der Waals surface area contributed by atoms with E-state index in [2.05, 4.69) is 15.2 Å². The number of nitrogens with zero attached hydrogens (tertiary/aromatic N) is 3. The lowest BCUT2D eigenvalue weighted by Crippen LogP contribution is -2.26. The van der Waals surface area contributed by atoms with Crippen LogP contribution in [0.25, 0.3) is 11.3 Å². The second-order valence-electron chi connectivity index (χ2n) is 8.53. The van der Waals surface area contributed by atoms with Gasteiger partial charge in [-0.15, -0.1) is 0 Å². The molecule has 0 radical (unpaired) electrons. The van der Waals surface area contributed by atoms with E-state index in [1.807, 2.05) is 30.3 Å². The van der Waals surface area contributed by atoms with Gasteiger partial charge in [0.2, 0.25) is 5.91 Å². The Morgan fingerprint density at radius 3 is 2.76 bits per heavy atom. The number of nitrogens with one attached hydrogen (secondary N) is 1. The van der Waals surface area contributed by atoms with E-state index in [-0.39, 0.29) is 16.7 Å². The molecule has 1 N–H and O–H groups in total. The van der Waals surface area contributed by atoms with Crippen LogP contribution in [-0.4, -0.2) is 37.7 Å². The first-order chi connectivity index (χ1) is 16.1. The molecule has 2 unspecified atom stereocenters. The van der Waals surface area contributed by atoms with Gasteiger partial charge in [-0.3, -0.25) is 14.0 Å². The summed E-state index contributed by atoms with van der Waals surface area (Å²) in [6, 6.07) is 14.4. The third-order valence-corrected chi connectivity index (χ3v) is 7.00. The molecule has 1 fully saturated rings. The molecule has 0 saturated carbocycles. The Hall–Kier alpha value is -3.10. The molecule has 2 aromatic heterocycles. The van der Waals surface area contributed by atoms with Crippen molar-refractivity contribution in [2.75, 3.05) is 23.3 Å². The Morgan fingerprint density at radius 2 is 1.94 bits per heavy atom. The SMILES string of the molecule is O=C(Nc1ccnc(N2CCCC2)c1)C1CCCc2ccc(-c3cccc(S(=O)[O-])c3)nc21. The number of fused-ring (bicyclic) bond motifs is 1. The lowest BCUT2D eigenvalue weighted by molar-refractivity contribution is -0.118. The van der Waals surface area contributed by atoms with Gasteiger partial charge in [0.1, 0.15) is 5.82 Å². The number of carbonyl (C=O) groups excluding carboxylic acids is 1. The highest BCUT2D eigenvalue weighted by Gasteiger charge is 2.29. The number of amides is 1. The molecule has 8 heteroatoms. The maximum atomic E-state index is 13.3. The molecule has 1 aliphatic heterocycles. The van der Waals surface area contributed by atoms with Crippen LogP contribution in [0.4, 0.5) is 11.5 Å². The molecule has 3 aromatic rings. The molecule has 0 bridgehead atoms. The Morgan fingerprint density at radius 1 is 1.09 bits per heavy atom. The van der Waals surface area contributed by atoms with Crippen LogP contribution in [0.1, 0.15) is 42.9 Å². The van der Waals surface area contributed by atoms with Crippen LogP contribution in [0.3, 0.4) is 0 Å². The number of hydrogen-bond acceptors (Lipinski definition) is 6. The van der Waals surface area contributed by atoms with Crippen molar-refractivity contribution < 1.29 is 13.6 Å². The molecule has 3 heterocycles. The van der Waals surface area contributed by atoms with Gasteiger partial charge < -0.3 is 14.8 Å². The fraction of sp³-hybridized carbons (Fsp3) is 0.320. The predicted octanol–water partition coefficient (Wildman–Crippen LogP) is 4.04. The van der Waals surface area contributed by atoms with Crippen LogP contribution in [0.15, 0.2) is 59.6 Å². The Balaban J connectivity index is 1.40. The van der Waals surface area contributed by atoms with E-state index in [0.717, 1.165) is 55.1 Å². The summed E-state index contributed by atoms with van der Waals surface area (Å²) in [7, 11) is 0. The fourth-order valence-electron chi connectivity index (χ4n) is 4.67. The van der Waals surface area contributed by atoms with Crippen LogP contribution in [-0.2, 0) is 22.3 Å². The molecule has 1 amide bonds. The van der Waals surface area contributed by atoms with Gasteiger partial charge in [0.05, 0.1) is 17.3 Å². The molecule has 2 atom stereocenters. The van der Waals surface area contributed by atoms with Gasteiger partial charge in [0.25, 0.3) is 0 Å². The molecule has 33 heavy (non-hydrogen) atoms. The second kappa shape index (κ2) is 9.41. The Kier molecular flexibility index (Phi) is 6.20. The zero-order valence-electron chi connectivity index (χ0n) is 18.2. The quantitative estimate of drug-likeness (QED) is 0.576. The number of hydrogen-bond donors (Lipinski definition) is 1. The molecule has 7 nitrogen and oxygen atoms in total. The van der Waals surface area contributed by atoms with Crippen molar-refractivity contribution in [1.82, 2.24) is 9.97 Å². The van der Waals surface area contributed by atoms with Gasteiger partial charge in [-0.05, 0) is 73.0 Å². The minimum Gasteiger partial charge on any atom is -0.768 e. The second-order valence-corrected chi connectivity index (χ2v) is 9.48. The zero-order valence-corrected chi connectivity index (χ0v) is 19.0. The van der Waals surface area contributed by atoms with Crippen LogP contribution in [0.5, 0.6) is 0 Å². The van der Waals surface area contributed by atoms with E-state index >= 15 is 0 Å². The smallest absolute Gasteiger partial charge is 0.233 e. The van der Waals surface area contributed by atoms with Crippen LogP contribution in [0.2, 0.25) is 0 Å². The molecule has 170 valence electrons. The van der Waals surface area contributed by atoms with Gasteiger partial charge >= 0.3 is 0 Å². The standard InChI is InChI=1S/C25H26N4O3S/c30-25(27-19-11-12-26-23(16-19)29-13-1-2-14-29)21-8-4-5-17-9-10-22(28-24(17)21)18-6-3-7-20(15-18)33(31)32/h3,6-7,9-12,15-16,21H,1-2,4-5,8,13-14H2,(H,31,32)(H,26,27,30)/p-1. The van der Waals surface area contributed by atoms with Crippen LogP contribution >= 0.6 is 0 Å². The molecule has 1 aliphatic carbocycles. The van der Waals surface area contributed by atoms with Crippen LogP contribution in [0, 0.1) is 0 Å². The lowest BCUT2D eigenvalue weighted by Gasteiger charge is -2.25. The first kappa shape index (κ1) is 21.7. The number of anilines is 2. The number of benzene rings is 1. The van der Waals surface area contributed by atoms with Crippen molar-refractivity contribution in [3.8, 4) is 11.3 Å². The van der Waals surface area contributed by atoms with E-state index in [4.69, 9.17) is 4.98 Å². The minimum absolute atomic E-state index is 0.0754. The summed E-state index contributed by atoms with van der Waals surface area (Å²) in [6.45, 7) is 1.99. The highest BCUT2D eigenvalue weighted by atomic mass is 32.2. The summed E-state index contributed by atoms with van der Waals surface area (Å²) in [6.07, 6.45) is 6.60. The third kappa shape index (κ3) is 4.67. The van der Waals surface area contributed by atoms with Crippen molar-refractivity contribution >= 4 is 28.5 Å². The summed E-state index contributed by atoms with van der Waals surface area (Å²) < 4.78 is 22.7. The normalized spacial score (nSPS) is 18.6. The number of aromatic nitrogens is 2. The average Bonchev–Trinajstić information content (AvgIpc) is 3.39. The van der Waals surface area contributed by atoms with Gasteiger partial charge in [-0.25, -0.2) is 4.98 Å². The van der Waals surface area contributed by atoms with Crippen LogP contribution < -0.4 is 10.2 Å². The molecule has 1 saturated heterocycles. The van der Waals surface area contributed by atoms with Gasteiger partial charge in [-0.1, -0.05) is 18.2 Å². The van der Waals surface area contributed by atoms with E-state index in [1.54, 1.807) is 24.4 Å². The van der Waals surface area contributed by atoms with Crippen molar-refractivity contribution in [3.63, 3.8) is 0 Å². The molecular weight excluding hydrogens is 436 g/mol. The summed E-state index contributed by atoms with van der Waals surface area (Å²) in [5.74, 6) is 0.466. The molecule has 0 spiro atoms. The number of rotatable bonds is 5. The number of carbonyl (C=O) groups is 1. The minimum atomic E-state index is -2.31. The molecule has 1 aromatic carbocycles. The predicted molar refractivity (Wildman–Crippen MR) is 127 cm³/mol. The van der Waals surface area contributed by atoms with Crippen molar-refractivity contribution in [3.05, 3.63) is 66.0 Å². The highest BCUT2D eigenvalue weighted by molar-refractivity contribution is 7.79. The third-order valence-electron chi connectivity index (χ3n) is 6.36. The average molecular weight is 462 g/mol. The van der Waals surface area contributed by atoms with Gasteiger partial charge in [-0.2, -0.15) is 0 Å². The summed E-state index contributed by atoms with van der Waals surface area (Å²) >= 11 is -2.31. The zero-order chi connectivity index (χ0) is 22.8. The fourth-order valence-corrected chi connectivity index (χ4v) is 5.08. The Labute approximate surface area is 195 Å². The maximum absolute atomic E-state index is 13.3. The number of pyridine rings is 2. The molecule has 5 rings (SSSR count). The molecule has 2 aliphatic rings.